The zero-order chi connectivity index (χ0) is 27.5. The molecule has 0 saturated carbocycles. The topological polar surface area (TPSA) is 58.6 Å². The highest BCUT2D eigenvalue weighted by Gasteiger charge is 2.32. The normalized spacial score (nSPS) is 11.6. The molecule has 0 saturated heterocycles. The van der Waals surface area contributed by atoms with Gasteiger partial charge in [-0.2, -0.15) is 0 Å². The summed E-state index contributed by atoms with van der Waals surface area (Å²) < 4.78 is 5.44. The average molecular weight is 521 g/mol. The van der Waals surface area contributed by atoms with E-state index in [4.69, 9.17) is 4.74 Å². The van der Waals surface area contributed by atoms with E-state index in [0.29, 0.717) is 25.3 Å². The van der Waals surface area contributed by atoms with E-state index in [2.05, 4.69) is 29.6 Å². The zero-order valence-corrected chi connectivity index (χ0v) is 22.6. The number of rotatable bonds is 12. The van der Waals surface area contributed by atoms with Gasteiger partial charge < -0.3 is 15.0 Å². The molecule has 0 aliphatic carbocycles. The van der Waals surface area contributed by atoms with Crippen LogP contribution in [-0.4, -0.2) is 36.4 Å². The SMILES string of the molecule is CCNC(=O)[C@H](Cc1ccccc1)N(Cc1cccc(OC)c1)C(=O)CC(c1ccccc1)c1ccccc1. The Labute approximate surface area is 231 Å². The van der Waals surface area contributed by atoms with E-state index in [1.165, 1.54) is 0 Å². The second kappa shape index (κ2) is 14.0. The smallest absolute Gasteiger partial charge is 0.243 e. The highest BCUT2D eigenvalue weighted by molar-refractivity contribution is 5.88. The first-order chi connectivity index (χ1) is 19.1. The zero-order valence-electron chi connectivity index (χ0n) is 22.6. The number of ether oxygens (including phenoxy) is 1. The first-order valence-corrected chi connectivity index (χ1v) is 13.4. The van der Waals surface area contributed by atoms with Gasteiger partial charge in [0.15, 0.2) is 0 Å². The van der Waals surface area contributed by atoms with Crippen LogP contribution in [0, 0.1) is 0 Å². The molecular formula is C34H36N2O3. The fourth-order valence-corrected chi connectivity index (χ4v) is 4.90. The molecule has 0 aliphatic rings. The molecule has 0 radical (unpaired) electrons. The Hall–Kier alpha value is -4.38. The maximum absolute atomic E-state index is 14.3. The van der Waals surface area contributed by atoms with Crippen LogP contribution >= 0.6 is 0 Å². The van der Waals surface area contributed by atoms with Crippen LogP contribution in [0.15, 0.2) is 115 Å². The van der Waals surface area contributed by atoms with E-state index in [1.807, 2.05) is 97.9 Å². The Morgan fingerprint density at radius 2 is 1.33 bits per heavy atom. The van der Waals surface area contributed by atoms with Crippen molar-refractivity contribution in [3.8, 4) is 5.75 Å². The fraction of sp³-hybridized carbons (Fsp3) is 0.235. The van der Waals surface area contributed by atoms with E-state index < -0.39 is 6.04 Å². The molecule has 39 heavy (non-hydrogen) atoms. The molecular weight excluding hydrogens is 484 g/mol. The average Bonchev–Trinajstić information content (AvgIpc) is 2.99. The molecule has 5 nitrogen and oxygen atoms in total. The fourth-order valence-electron chi connectivity index (χ4n) is 4.90. The lowest BCUT2D eigenvalue weighted by Gasteiger charge is -2.33. The molecule has 0 fully saturated rings. The monoisotopic (exact) mass is 520 g/mol. The standard InChI is InChI=1S/C34H36N2O3/c1-3-35-34(38)32(23-26-14-7-4-8-15-26)36(25-27-16-13-21-30(22-27)39-2)33(37)24-31(28-17-9-5-10-18-28)29-19-11-6-12-20-29/h4-22,31-32H,3,23-25H2,1-2H3,(H,35,38)/t32-/m0/s1. The van der Waals surface area contributed by atoms with Crippen molar-refractivity contribution in [2.45, 2.75) is 38.3 Å². The summed E-state index contributed by atoms with van der Waals surface area (Å²) in [6.45, 7) is 2.68. The quantitative estimate of drug-likeness (QED) is 0.250. The molecule has 0 heterocycles. The van der Waals surface area contributed by atoms with Gasteiger partial charge in [0.1, 0.15) is 11.8 Å². The second-order valence-electron chi connectivity index (χ2n) is 9.55. The van der Waals surface area contributed by atoms with E-state index in [0.717, 1.165) is 22.3 Å². The number of carbonyl (C=O) groups is 2. The number of nitrogens with one attached hydrogen (secondary N) is 1. The Kier molecular flexibility index (Phi) is 9.90. The summed E-state index contributed by atoms with van der Waals surface area (Å²) in [6.07, 6.45) is 0.659. The lowest BCUT2D eigenvalue weighted by atomic mass is 9.87. The minimum atomic E-state index is -0.668. The summed E-state index contributed by atoms with van der Waals surface area (Å²) in [6, 6.07) is 37.0. The number of methoxy groups -OCH3 is 1. The van der Waals surface area contributed by atoms with E-state index in [-0.39, 0.29) is 24.2 Å². The van der Waals surface area contributed by atoms with Crippen molar-refractivity contribution in [1.82, 2.24) is 10.2 Å². The van der Waals surface area contributed by atoms with Crippen LogP contribution in [-0.2, 0) is 22.6 Å². The molecule has 4 rings (SSSR count). The Bertz CT molecular complexity index is 1290. The van der Waals surface area contributed by atoms with Gasteiger partial charge in [-0.3, -0.25) is 9.59 Å². The van der Waals surface area contributed by atoms with Crippen molar-refractivity contribution in [1.29, 1.82) is 0 Å². The van der Waals surface area contributed by atoms with Crippen LogP contribution in [0.2, 0.25) is 0 Å². The van der Waals surface area contributed by atoms with E-state index >= 15 is 0 Å². The Morgan fingerprint density at radius 1 is 0.769 bits per heavy atom. The lowest BCUT2D eigenvalue weighted by Crippen LogP contribution is -2.50. The molecule has 4 aromatic rings. The molecule has 0 unspecified atom stereocenters. The number of benzene rings is 4. The predicted molar refractivity (Wildman–Crippen MR) is 156 cm³/mol. The molecule has 5 heteroatoms. The first kappa shape index (κ1) is 27.6. The summed E-state index contributed by atoms with van der Waals surface area (Å²) in [5.74, 6) is 0.333. The molecule has 0 spiro atoms. The molecule has 0 bridgehead atoms. The van der Waals surface area contributed by atoms with Crippen molar-refractivity contribution in [2.24, 2.45) is 0 Å². The number of likely N-dealkylation sites (N-methyl/N-ethyl adjacent to an activating group) is 1. The number of carbonyl (C=O) groups excluding carboxylic acids is 2. The first-order valence-electron chi connectivity index (χ1n) is 13.4. The maximum atomic E-state index is 14.3. The van der Waals surface area contributed by atoms with Gasteiger partial charge in [0, 0.05) is 31.8 Å². The van der Waals surface area contributed by atoms with Crippen LogP contribution in [0.3, 0.4) is 0 Å². The van der Waals surface area contributed by atoms with Crippen LogP contribution in [0.1, 0.15) is 41.5 Å². The second-order valence-corrected chi connectivity index (χ2v) is 9.55. The Balaban J connectivity index is 1.73. The molecule has 1 N–H and O–H groups in total. The van der Waals surface area contributed by atoms with Gasteiger partial charge in [0.2, 0.25) is 11.8 Å². The van der Waals surface area contributed by atoms with Gasteiger partial charge in [0.05, 0.1) is 7.11 Å². The van der Waals surface area contributed by atoms with E-state index in [9.17, 15) is 9.59 Å². The lowest BCUT2D eigenvalue weighted by molar-refractivity contribution is -0.141. The summed E-state index contributed by atoms with van der Waals surface area (Å²) in [7, 11) is 1.62. The summed E-state index contributed by atoms with van der Waals surface area (Å²) in [4.78, 5) is 29.6. The summed E-state index contributed by atoms with van der Waals surface area (Å²) in [5, 5.41) is 2.97. The highest BCUT2D eigenvalue weighted by Crippen LogP contribution is 2.30. The van der Waals surface area contributed by atoms with Gasteiger partial charge in [-0.15, -0.1) is 0 Å². The minimum absolute atomic E-state index is 0.0808. The third-order valence-corrected chi connectivity index (χ3v) is 6.89. The number of amides is 2. The highest BCUT2D eigenvalue weighted by atomic mass is 16.5. The Morgan fingerprint density at radius 3 is 1.90 bits per heavy atom. The van der Waals surface area contributed by atoms with Crippen molar-refractivity contribution in [2.75, 3.05) is 13.7 Å². The van der Waals surface area contributed by atoms with Gasteiger partial charge >= 0.3 is 0 Å². The van der Waals surface area contributed by atoms with E-state index in [1.54, 1.807) is 12.0 Å². The third-order valence-electron chi connectivity index (χ3n) is 6.89. The minimum Gasteiger partial charge on any atom is -0.497 e. The third kappa shape index (κ3) is 7.57. The summed E-state index contributed by atoms with van der Waals surface area (Å²) >= 11 is 0. The van der Waals surface area contributed by atoms with Crippen LogP contribution in [0.4, 0.5) is 0 Å². The van der Waals surface area contributed by atoms with Crippen LogP contribution < -0.4 is 10.1 Å². The largest absolute Gasteiger partial charge is 0.497 e. The van der Waals surface area contributed by atoms with Gasteiger partial charge in [0.25, 0.3) is 0 Å². The molecule has 4 aromatic carbocycles. The van der Waals surface area contributed by atoms with Gasteiger partial charge in [-0.05, 0) is 41.3 Å². The van der Waals surface area contributed by atoms with Crippen LogP contribution in [0.25, 0.3) is 0 Å². The molecule has 2 amide bonds. The molecule has 200 valence electrons. The van der Waals surface area contributed by atoms with Crippen molar-refractivity contribution >= 4 is 11.8 Å². The maximum Gasteiger partial charge on any atom is 0.243 e. The van der Waals surface area contributed by atoms with Gasteiger partial charge in [-0.25, -0.2) is 0 Å². The van der Waals surface area contributed by atoms with Crippen molar-refractivity contribution < 1.29 is 14.3 Å². The predicted octanol–water partition coefficient (Wildman–Crippen LogP) is 5.99. The van der Waals surface area contributed by atoms with Gasteiger partial charge in [-0.1, -0.05) is 103 Å². The van der Waals surface area contributed by atoms with Crippen molar-refractivity contribution in [3.63, 3.8) is 0 Å². The number of hydrogen-bond donors (Lipinski definition) is 1. The van der Waals surface area contributed by atoms with Crippen molar-refractivity contribution in [3.05, 3.63) is 138 Å². The summed E-state index contributed by atoms with van der Waals surface area (Å²) in [5.41, 5.74) is 4.04. The molecule has 0 aliphatic heterocycles. The number of hydrogen-bond acceptors (Lipinski definition) is 3. The molecule has 1 atom stereocenters. The van der Waals surface area contributed by atoms with Crippen LogP contribution in [0.5, 0.6) is 5.75 Å². The number of nitrogens with zero attached hydrogens (tertiary/aromatic N) is 1. The molecule has 0 aromatic heterocycles.